The fourth-order valence-electron chi connectivity index (χ4n) is 2.71. The molecule has 29 heavy (non-hydrogen) atoms. The molecular formula is C22H21N3O4. The zero-order valence-electron chi connectivity index (χ0n) is 16.2. The first-order valence-electron chi connectivity index (χ1n) is 9.01. The lowest BCUT2D eigenvalue weighted by atomic mass is 9.98. The maximum absolute atomic E-state index is 12.5. The number of aromatic nitrogens is 2. The number of methoxy groups -OCH3 is 1. The van der Waals surface area contributed by atoms with E-state index < -0.39 is 24.5 Å². The Kier molecular flexibility index (Phi) is 6.52. The normalized spacial score (nSPS) is 11.4. The van der Waals surface area contributed by atoms with Gasteiger partial charge in [-0.1, -0.05) is 42.5 Å². The highest BCUT2D eigenvalue weighted by molar-refractivity contribution is 5.89. The van der Waals surface area contributed by atoms with Crippen LogP contribution in [0.4, 0.5) is 0 Å². The highest BCUT2D eigenvalue weighted by Crippen LogP contribution is 2.24. The monoisotopic (exact) mass is 391 g/mol. The van der Waals surface area contributed by atoms with Gasteiger partial charge in [0.05, 0.1) is 25.0 Å². The van der Waals surface area contributed by atoms with Crippen LogP contribution in [0.5, 0.6) is 5.75 Å². The Hall–Kier alpha value is -3.74. The number of esters is 1. The summed E-state index contributed by atoms with van der Waals surface area (Å²) in [5, 5.41) is 2.91. The van der Waals surface area contributed by atoms with Crippen LogP contribution in [0, 0.1) is 6.92 Å². The quantitative estimate of drug-likeness (QED) is 0.623. The van der Waals surface area contributed by atoms with E-state index >= 15 is 0 Å². The molecule has 3 aromatic rings. The maximum atomic E-state index is 12.5. The summed E-state index contributed by atoms with van der Waals surface area (Å²) in [5.41, 5.74) is 2.52. The molecule has 0 unspecified atom stereocenters. The summed E-state index contributed by atoms with van der Waals surface area (Å²) < 4.78 is 10.3. The van der Waals surface area contributed by atoms with Crippen LogP contribution < -0.4 is 10.1 Å². The molecule has 2 aromatic carbocycles. The minimum absolute atomic E-state index is 0.0539. The summed E-state index contributed by atoms with van der Waals surface area (Å²) in [6.45, 7) is 1.34. The molecule has 0 saturated heterocycles. The maximum Gasteiger partial charge on any atom is 0.359 e. The van der Waals surface area contributed by atoms with Gasteiger partial charge in [-0.2, -0.15) is 0 Å². The number of carbonyl (C=O) groups is 2. The third-order valence-electron chi connectivity index (χ3n) is 4.21. The van der Waals surface area contributed by atoms with Crippen molar-refractivity contribution in [2.24, 2.45) is 0 Å². The molecular weight excluding hydrogens is 370 g/mol. The highest BCUT2D eigenvalue weighted by Gasteiger charge is 2.18. The van der Waals surface area contributed by atoms with Crippen LogP contribution in [0.15, 0.2) is 67.0 Å². The van der Waals surface area contributed by atoms with Crippen LogP contribution in [0.2, 0.25) is 0 Å². The zero-order valence-corrected chi connectivity index (χ0v) is 16.2. The minimum atomic E-state index is -0.701. The molecule has 3 rings (SSSR count). The van der Waals surface area contributed by atoms with Gasteiger partial charge >= 0.3 is 5.97 Å². The van der Waals surface area contributed by atoms with E-state index in [2.05, 4.69) is 15.3 Å². The van der Waals surface area contributed by atoms with Gasteiger partial charge in [-0.25, -0.2) is 9.78 Å². The van der Waals surface area contributed by atoms with Crippen LogP contribution in [-0.2, 0) is 9.53 Å². The van der Waals surface area contributed by atoms with Crippen LogP contribution in [0.3, 0.4) is 0 Å². The molecule has 1 aromatic heterocycles. The van der Waals surface area contributed by atoms with Crippen LogP contribution in [-0.4, -0.2) is 35.6 Å². The molecule has 1 N–H and O–H groups in total. The first-order chi connectivity index (χ1) is 14.1. The lowest BCUT2D eigenvalue weighted by Gasteiger charge is -2.20. The highest BCUT2D eigenvalue weighted by atomic mass is 16.5. The number of nitrogens with one attached hydrogen (secondary N) is 1. The lowest BCUT2D eigenvalue weighted by molar-refractivity contribution is -0.124. The van der Waals surface area contributed by atoms with Crippen molar-refractivity contribution in [1.82, 2.24) is 15.3 Å². The second-order valence-electron chi connectivity index (χ2n) is 6.30. The molecule has 1 heterocycles. The summed E-state index contributed by atoms with van der Waals surface area (Å²) in [6.07, 6.45) is 2.78. The SMILES string of the molecule is COc1ccc([C@@H](NC(=O)COC(=O)c2cnc(C)cn2)c2ccccc2)cc1. The zero-order chi connectivity index (χ0) is 20.6. The van der Waals surface area contributed by atoms with Crippen LogP contribution in [0.25, 0.3) is 0 Å². The number of hydrogen-bond donors (Lipinski definition) is 1. The first-order valence-corrected chi connectivity index (χ1v) is 9.01. The van der Waals surface area contributed by atoms with Crippen molar-refractivity contribution in [3.05, 3.63) is 89.5 Å². The first kappa shape index (κ1) is 20.0. The van der Waals surface area contributed by atoms with Crippen LogP contribution >= 0.6 is 0 Å². The second-order valence-corrected chi connectivity index (χ2v) is 6.30. The number of rotatable bonds is 7. The third kappa shape index (κ3) is 5.38. The average Bonchev–Trinajstić information content (AvgIpc) is 2.77. The molecule has 0 spiro atoms. The van der Waals surface area contributed by atoms with Crippen LogP contribution in [0.1, 0.15) is 33.4 Å². The summed E-state index contributed by atoms with van der Waals surface area (Å²) in [4.78, 5) is 32.4. The van der Waals surface area contributed by atoms with Gasteiger partial charge in [-0.05, 0) is 30.2 Å². The molecule has 0 bridgehead atoms. The molecule has 0 fully saturated rings. The summed E-state index contributed by atoms with van der Waals surface area (Å²) in [6, 6.07) is 16.6. The van der Waals surface area contributed by atoms with Gasteiger partial charge < -0.3 is 14.8 Å². The predicted molar refractivity (Wildman–Crippen MR) is 106 cm³/mol. The topological polar surface area (TPSA) is 90.4 Å². The fourth-order valence-corrected chi connectivity index (χ4v) is 2.71. The number of nitrogens with zero attached hydrogens (tertiary/aromatic N) is 2. The molecule has 1 amide bonds. The molecule has 7 nitrogen and oxygen atoms in total. The molecule has 0 radical (unpaired) electrons. The smallest absolute Gasteiger partial charge is 0.359 e. The predicted octanol–water partition coefficient (Wildman–Crippen LogP) is 2.86. The Balaban J connectivity index is 1.69. The second kappa shape index (κ2) is 9.45. The van der Waals surface area contributed by atoms with Crippen molar-refractivity contribution >= 4 is 11.9 Å². The van der Waals surface area contributed by atoms with Gasteiger partial charge in [0, 0.05) is 6.20 Å². The molecule has 148 valence electrons. The van der Waals surface area contributed by atoms with Crippen molar-refractivity contribution in [2.45, 2.75) is 13.0 Å². The minimum Gasteiger partial charge on any atom is -0.497 e. The summed E-state index contributed by atoms with van der Waals surface area (Å²) >= 11 is 0. The van der Waals surface area contributed by atoms with E-state index in [-0.39, 0.29) is 5.69 Å². The largest absolute Gasteiger partial charge is 0.497 e. The molecule has 1 atom stereocenters. The molecule has 0 aliphatic rings. The van der Waals surface area contributed by atoms with Gasteiger partial charge in [0.25, 0.3) is 5.91 Å². The van der Waals surface area contributed by atoms with Gasteiger partial charge in [0.2, 0.25) is 0 Å². The van der Waals surface area contributed by atoms with Gasteiger partial charge in [-0.3, -0.25) is 9.78 Å². The summed E-state index contributed by atoms with van der Waals surface area (Å²) in [7, 11) is 1.60. The number of ether oxygens (including phenoxy) is 2. The Morgan fingerprint density at radius 3 is 2.28 bits per heavy atom. The van der Waals surface area contributed by atoms with Crippen molar-refractivity contribution in [1.29, 1.82) is 0 Å². The summed E-state index contributed by atoms with van der Waals surface area (Å²) in [5.74, 6) is -0.406. The van der Waals surface area contributed by atoms with E-state index in [1.165, 1.54) is 12.4 Å². The number of benzene rings is 2. The standard InChI is InChI=1S/C22H21N3O4/c1-15-12-24-19(13-23-15)22(27)29-14-20(26)25-21(16-6-4-3-5-7-16)17-8-10-18(28-2)11-9-17/h3-13,21H,14H2,1-2H3,(H,25,26)/t21-/m0/s1. The number of amides is 1. The van der Waals surface area contributed by atoms with E-state index in [4.69, 9.17) is 9.47 Å². The molecule has 7 heteroatoms. The third-order valence-corrected chi connectivity index (χ3v) is 4.21. The molecule has 0 aliphatic carbocycles. The molecule has 0 saturated carbocycles. The van der Waals surface area contributed by atoms with Crippen molar-refractivity contribution < 1.29 is 19.1 Å². The average molecular weight is 391 g/mol. The number of hydrogen-bond acceptors (Lipinski definition) is 6. The Morgan fingerprint density at radius 2 is 1.66 bits per heavy atom. The van der Waals surface area contributed by atoms with E-state index in [1.807, 2.05) is 54.6 Å². The van der Waals surface area contributed by atoms with E-state index in [1.54, 1.807) is 14.0 Å². The van der Waals surface area contributed by atoms with Crippen molar-refractivity contribution in [2.75, 3.05) is 13.7 Å². The fraction of sp³-hybridized carbons (Fsp3) is 0.182. The van der Waals surface area contributed by atoms with E-state index in [0.717, 1.165) is 16.9 Å². The lowest BCUT2D eigenvalue weighted by Crippen LogP contribution is -2.33. The Bertz CT molecular complexity index is 958. The van der Waals surface area contributed by atoms with Gasteiger partial charge in [0.15, 0.2) is 12.3 Å². The van der Waals surface area contributed by atoms with Crippen molar-refractivity contribution in [3.63, 3.8) is 0 Å². The van der Waals surface area contributed by atoms with Crippen molar-refractivity contribution in [3.8, 4) is 5.75 Å². The number of aryl methyl sites for hydroxylation is 1. The Labute approximate surface area is 168 Å². The van der Waals surface area contributed by atoms with Gasteiger partial charge in [0.1, 0.15) is 5.75 Å². The van der Waals surface area contributed by atoms with Gasteiger partial charge in [-0.15, -0.1) is 0 Å². The molecule has 0 aliphatic heterocycles. The number of carbonyl (C=O) groups excluding carboxylic acids is 2. The Morgan fingerprint density at radius 1 is 0.966 bits per heavy atom. The van der Waals surface area contributed by atoms with E-state index in [0.29, 0.717) is 5.69 Å². The van der Waals surface area contributed by atoms with E-state index in [9.17, 15) is 9.59 Å².